The fourth-order valence-corrected chi connectivity index (χ4v) is 1.10. The zero-order valence-electron chi connectivity index (χ0n) is 7.50. The molecular formula is C7H13N3O2. The Morgan fingerprint density at radius 3 is 2.33 bits per heavy atom. The standard InChI is InChI=1S/C7H13N3O2/c1-4-10-7(12)5(11)6(8-10)9(2)3/h6,8H,4H2,1-3H3. The minimum atomic E-state index is -0.488. The first-order valence-corrected chi connectivity index (χ1v) is 3.86. The van der Waals surface area contributed by atoms with Crippen LogP contribution in [0.15, 0.2) is 0 Å². The van der Waals surface area contributed by atoms with Crippen molar-refractivity contribution < 1.29 is 9.59 Å². The molecule has 0 spiro atoms. The van der Waals surface area contributed by atoms with E-state index in [0.717, 1.165) is 0 Å². The molecule has 1 aliphatic rings. The fourth-order valence-electron chi connectivity index (χ4n) is 1.10. The molecule has 0 aliphatic carbocycles. The second-order valence-electron chi connectivity index (χ2n) is 2.91. The molecule has 0 saturated carbocycles. The Kier molecular flexibility index (Phi) is 2.44. The van der Waals surface area contributed by atoms with Gasteiger partial charge in [-0.25, -0.2) is 5.43 Å². The molecule has 1 heterocycles. The molecule has 0 aromatic rings. The number of rotatable bonds is 2. The molecule has 1 amide bonds. The third-order valence-electron chi connectivity index (χ3n) is 1.82. The van der Waals surface area contributed by atoms with E-state index >= 15 is 0 Å². The third kappa shape index (κ3) is 1.33. The van der Waals surface area contributed by atoms with E-state index < -0.39 is 12.1 Å². The lowest BCUT2D eigenvalue weighted by molar-refractivity contribution is -0.141. The smallest absolute Gasteiger partial charge is 0.286 e. The summed E-state index contributed by atoms with van der Waals surface area (Å²) in [5.41, 5.74) is 2.80. The Morgan fingerprint density at radius 2 is 2.08 bits per heavy atom. The lowest BCUT2D eigenvalue weighted by Gasteiger charge is -2.18. The van der Waals surface area contributed by atoms with E-state index in [1.807, 2.05) is 6.92 Å². The second-order valence-corrected chi connectivity index (χ2v) is 2.91. The molecule has 0 aromatic carbocycles. The number of amides is 1. The molecule has 1 unspecified atom stereocenters. The van der Waals surface area contributed by atoms with Gasteiger partial charge in [-0.15, -0.1) is 0 Å². The Morgan fingerprint density at radius 1 is 1.50 bits per heavy atom. The predicted octanol–water partition coefficient (Wildman–Crippen LogP) is -1.19. The number of likely N-dealkylation sites (N-methyl/N-ethyl adjacent to an activating group) is 2. The molecule has 1 saturated heterocycles. The summed E-state index contributed by atoms with van der Waals surface area (Å²) in [4.78, 5) is 24.0. The molecule has 5 nitrogen and oxygen atoms in total. The summed E-state index contributed by atoms with van der Waals surface area (Å²) in [5.74, 6) is -0.835. The van der Waals surface area contributed by atoms with Gasteiger partial charge < -0.3 is 0 Å². The molecule has 0 radical (unpaired) electrons. The maximum Gasteiger partial charge on any atom is 0.307 e. The van der Waals surface area contributed by atoms with Crippen molar-refractivity contribution >= 4 is 11.7 Å². The van der Waals surface area contributed by atoms with Crippen molar-refractivity contribution in [3.8, 4) is 0 Å². The minimum Gasteiger partial charge on any atom is -0.286 e. The average Bonchev–Trinajstić information content (AvgIpc) is 2.30. The van der Waals surface area contributed by atoms with Crippen molar-refractivity contribution in [3.05, 3.63) is 0 Å². The Labute approximate surface area is 71.3 Å². The molecule has 5 heteroatoms. The third-order valence-corrected chi connectivity index (χ3v) is 1.82. The van der Waals surface area contributed by atoms with Crippen molar-refractivity contribution in [3.63, 3.8) is 0 Å². The summed E-state index contributed by atoms with van der Waals surface area (Å²) in [7, 11) is 3.50. The van der Waals surface area contributed by atoms with E-state index in [1.54, 1.807) is 19.0 Å². The monoisotopic (exact) mass is 171 g/mol. The van der Waals surface area contributed by atoms with Crippen LogP contribution >= 0.6 is 0 Å². The van der Waals surface area contributed by atoms with Crippen LogP contribution in [0.5, 0.6) is 0 Å². The molecular weight excluding hydrogens is 158 g/mol. The van der Waals surface area contributed by atoms with Gasteiger partial charge in [0.05, 0.1) is 0 Å². The number of hydrogen-bond donors (Lipinski definition) is 1. The van der Waals surface area contributed by atoms with Gasteiger partial charge in [-0.05, 0) is 21.0 Å². The van der Waals surface area contributed by atoms with Crippen molar-refractivity contribution in [1.82, 2.24) is 15.3 Å². The number of nitrogens with one attached hydrogen (secondary N) is 1. The molecule has 1 aliphatic heterocycles. The van der Waals surface area contributed by atoms with Crippen LogP contribution in [0.25, 0.3) is 0 Å². The number of carbonyl (C=O) groups is 2. The Hall–Kier alpha value is -0.940. The molecule has 1 N–H and O–H groups in total. The summed E-state index contributed by atoms with van der Waals surface area (Å²) < 4.78 is 0. The molecule has 0 aromatic heterocycles. The first-order chi connectivity index (χ1) is 5.57. The lowest BCUT2D eigenvalue weighted by Crippen LogP contribution is -2.44. The average molecular weight is 171 g/mol. The van der Waals surface area contributed by atoms with Gasteiger partial charge in [-0.3, -0.25) is 19.5 Å². The number of hydrogen-bond acceptors (Lipinski definition) is 4. The summed E-state index contributed by atoms with van der Waals surface area (Å²) in [6, 6.07) is 0. The van der Waals surface area contributed by atoms with Crippen LogP contribution in [0.3, 0.4) is 0 Å². The highest BCUT2D eigenvalue weighted by atomic mass is 16.2. The van der Waals surface area contributed by atoms with Gasteiger partial charge in [0.25, 0.3) is 5.78 Å². The number of hydrazine groups is 1. The van der Waals surface area contributed by atoms with Crippen LogP contribution in [0.4, 0.5) is 0 Å². The molecule has 1 atom stereocenters. The molecule has 1 rings (SSSR count). The normalized spacial score (nSPS) is 24.3. The first-order valence-electron chi connectivity index (χ1n) is 3.86. The van der Waals surface area contributed by atoms with Crippen LogP contribution in [-0.4, -0.2) is 48.4 Å². The highest BCUT2D eigenvalue weighted by molar-refractivity contribution is 6.39. The highest BCUT2D eigenvalue weighted by Gasteiger charge is 2.38. The van der Waals surface area contributed by atoms with Gasteiger partial charge in [0, 0.05) is 6.54 Å². The van der Waals surface area contributed by atoms with Crippen LogP contribution in [0.2, 0.25) is 0 Å². The van der Waals surface area contributed by atoms with Crippen molar-refractivity contribution in [2.24, 2.45) is 0 Å². The van der Waals surface area contributed by atoms with Crippen LogP contribution < -0.4 is 5.43 Å². The number of Topliss-reactive ketones (excluding diaryl/α,β-unsaturated/α-hetero) is 1. The van der Waals surface area contributed by atoms with Gasteiger partial charge in [0.15, 0.2) is 0 Å². The van der Waals surface area contributed by atoms with E-state index in [0.29, 0.717) is 6.54 Å². The van der Waals surface area contributed by atoms with Crippen LogP contribution in [0.1, 0.15) is 6.92 Å². The zero-order valence-corrected chi connectivity index (χ0v) is 7.50. The summed E-state index contributed by atoms with van der Waals surface area (Å²) in [6.45, 7) is 2.32. The Balaban J connectivity index is 2.74. The van der Waals surface area contributed by atoms with E-state index in [-0.39, 0.29) is 5.78 Å². The second kappa shape index (κ2) is 3.20. The molecule has 68 valence electrons. The fraction of sp³-hybridized carbons (Fsp3) is 0.714. The van der Waals surface area contributed by atoms with Crippen molar-refractivity contribution in [2.75, 3.05) is 20.6 Å². The zero-order chi connectivity index (χ0) is 9.30. The summed E-state index contributed by atoms with van der Waals surface area (Å²) >= 11 is 0. The summed E-state index contributed by atoms with van der Waals surface area (Å²) in [6.07, 6.45) is -0.488. The maximum absolute atomic E-state index is 11.2. The van der Waals surface area contributed by atoms with E-state index in [4.69, 9.17) is 0 Å². The van der Waals surface area contributed by atoms with E-state index in [2.05, 4.69) is 5.43 Å². The molecule has 12 heavy (non-hydrogen) atoms. The number of carbonyl (C=O) groups excluding carboxylic acids is 2. The van der Waals surface area contributed by atoms with Crippen molar-refractivity contribution in [2.45, 2.75) is 13.1 Å². The predicted molar refractivity (Wildman–Crippen MR) is 43.0 cm³/mol. The van der Waals surface area contributed by atoms with Gasteiger partial charge in [-0.2, -0.15) is 0 Å². The largest absolute Gasteiger partial charge is 0.307 e. The van der Waals surface area contributed by atoms with Gasteiger partial charge in [0.2, 0.25) is 0 Å². The van der Waals surface area contributed by atoms with Gasteiger partial charge in [0.1, 0.15) is 6.17 Å². The summed E-state index contributed by atoms with van der Waals surface area (Å²) in [5, 5.41) is 1.33. The topological polar surface area (TPSA) is 52.6 Å². The van der Waals surface area contributed by atoms with E-state index in [1.165, 1.54) is 5.01 Å². The number of nitrogens with zero attached hydrogens (tertiary/aromatic N) is 2. The Bertz CT molecular complexity index is 215. The first kappa shape index (κ1) is 9.15. The minimum absolute atomic E-state index is 0.387. The van der Waals surface area contributed by atoms with Crippen LogP contribution in [0, 0.1) is 0 Å². The number of ketones is 1. The van der Waals surface area contributed by atoms with Crippen LogP contribution in [-0.2, 0) is 9.59 Å². The molecule has 0 bridgehead atoms. The van der Waals surface area contributed by atoms with Gasteiger partial charge >= 0.3 is 5.91 Å². The molecule has 1 fully saturated rings. The highest BCUT2D eigenvalue weighted by Crippen LogP contribution is 2.04. The maximum atomic E-state index is 11.2. The van der Waals surface area contributed by atoms with E-state index in [9.17, 15) is 9.59 Å². The van der Waals surface area contributed by atoms with Crippen molar-refractivity contribution in [1.29, 1.82) is 0 Å². The lowest BCUT2D eigenvalue weighted by atomic mass is 10.3. The SMILES string of the molecule is CCN1NC(N(C)C)C(=O)C1=O. The quantitative estimate of drug-likeness (QED) is 0.531. The van der Waals surface area contributed by atoms with Gasteiger partial charge in [-0.1, -0.05) is 0 Å².